The number of carbonyl (C=O) groups excluding carboxylic acids is 3. The number of carbonyl (C=O) groups is 3. The number of rotatable bonds is 5. The minimum Gasteiger partial charge on any atom is -0.325 e. The Labute approximate surface area is 171 Å². The number of imide groups is 1. The number of fused-ring (bicyclic) bond motifs is 1. The van der Waals surface area contributed by atoms with E-state index >= 15 is 0 Å². The molecule has 1 atom stereocenters. The number of nitrogens with one attached hydrogen (secondary N) is 3. The molecular formula is C21H20F2N4O3. The van der Waals surface area contributed by atoms with Gasteiger partial charge in [-0.15, -0.1) is 0 Å². The van der Waals surface area contributed by atoms with Gasteiger partial charge in [-0.1, -0.05) is 6.07 Å². The molecule has 2 aromatic rings. The zero-order valence-electron chi connectivity index (χ0n) is 16.2. The molecule has 1 spiro atoms. The second-order valence-electron chi connectivity index (χ2n) is 7.62. The van der Waals surface area contributed by atoms with Gasteiger partial charge >= 0.3 is 6.03 Å². The van der Waals surface area contributed by atoms with Gasteiger partial charge in [0.05, 0.1) is 6.54 Å². The molecule has 30 heavy (non-hydrogen) atoms. The van der Waals surface area contributed by atoms with Crippen molar-refractivity contribution in [3.8, 4) is 0 Å². The van der Waals surface area contributed by atoms with Gasteiger partial charge < -0.3 is 15.5 Å². The van der Waals surface area contributed by atoms with E-state index in [4.69, 9.17) is 0 Å². The standard InChI is InChI=1S/C21H20F2N4O3/c1-27-20(30)26-19(29)21(27)8-13-2-3-17(6-14(13)9-21)25-18(28)11-24-10-12-4-15(22)7-16(23)5-12/h2-7,24H,8-11H2,1H3,(H,25,28)(H,26,29,30)/t21-/m0/s1. The van der Waals surface area contributed by atoms with Crippen LogP contribution < -0.4 is 16.0 Å². The quantitative estimate of drug-likeness (QED) is 0.650. The predicted octanol–water partition coefficient (Wildman–Crippen LogP) is 1.71. The average molecular weight is 414 g/mol. The molecule has 0 unspecified atom stereocenters. The molecule has 0 saturated carbocycles. The van der Waals surface area contributed by atoms with Gasteiger partial charge in [-0.05, 0) is 41.0 Å². The molecule has 4 amide bonds. The highest BCUT2D eigenvalue weighted by Crippen LogP contribution is 2.38. The van der Waals surface area contributed by atoms with Crippen LogP contribution in [0.4, 0.5) is 19.3 Å². The minimum atomic E-state index is -0.913. The van der Waals surface area contributed by atoms with E-state index in [0.717, 1.165) is 17.2 Å². The molecule has 4 rings (SSSR count). The Bertz CT molecular complexity index is 1040. The van der Waals surface area contributed by atoms with Crippen molar-refractivity contribution in [3.05, 3.63) is 64.7 Å². The normalized spacial score (nSPS) is 19.9. The molecule has 9 heteroatoms. The summed E-state index contributed by atoms with van der Waals surface area (Å²) in [5, 5.41) is 7.95. The number of amides is 4. The van der Waals surface area contributed by atoms with Crippen LogP contribution in [-0.2, 0) is 29.0 Å². The third kappa shape index (κ3) is 3.63. The molecule has 1 heterocycles. The third-order valence-electron chi connectivity index (χ3n) is 5.58. The Balaban J connectivity index is 1.36. The Morgan fingerprint density at radius 3 is 2.47 bits per heavy atom. The average Bonchev–Trinajstić information content (AvgIpc) is 3.14. The number of halogens is 2. The maximum Gasteiger partial charge on any atom is 0.324 e. The molecule has 0 bridgehead atoms. The maximum atomic E-state index is 13.2. The Morgan fingerprint density at radius 2 is 1.80 bits per heavy atom. The van der Waals surface area contributed by atoms with Crippen LogP contribution in [0.15, 0.2) is 36.4 Å². The van der Waals surface area contributed by atoms with Gasteiger partial charge in [0.15, 0.2) is 0 Å². The molecule has 2 aromatic carbocycles. The number of benzene rings is 2. The van der Waals surface area contributed by atoms with Crippen LogP contribution in [0.1, 0.15) is 16.7 Å². The lowest BCUT2D eigenvalue weighted by Crippen LogP contribution is -2.48. The Hall–Kier alpha value is -3.33. The molecule has 3 N–H and O–H groups in total. The van der Waals surface area contributed by atoms with E-state index in [2.05, 4.69) is 16.0 Å². The SMILES string of the molecule is CN1C(=O)NC(=O)[C@@]12Cc1ccc(NC(=O)CNCc3cc(F)cc(F)c3)cc1C2. The highest BCUT2D eigenvalue weighted by Gasteiger charge is 2.54. The molecule has 1 aliphatic carbocycles. The number of likely N-dealkylation sites (N-methyl/N-ethyl adjacent to an activating group) is 1. The topological polar surface area (TPSA) is 90.5 Å². The lowest BCUT2D eigenvalue weighted by atomic mass is 9.95. The Morgan fingerprint density at radius 1 is 1.10 bits per heavy atom. The minimum absolute atomic E-state index is 0.0429. The van der Waals surface area contributed by atoms with Crippen LogP contribution in [0, 0.1) is 11.6 Å². The maximum absolute atomic E-state index is 13.2. The van der Waals surface area contributed by atoms with Crippen LogP contribution in [0.25, 0.3) is 0 Å². The van der Waals surface area contributed by atoms with E-state index in [1.165, 1.54) is 17.0 Å². The van der Waals surface area contributed by atoms with Gasteiger partial charge in [0, 0.05) is 38.2 Å². The first kappa shape index (κ1) is 20.0. The summed E-state index contributed by atoms with van der Waals surface area (Å²) in [5.74, 6) is -1.97. The van der Waals surface area contributed by atoms with Gasteiger partial charge in [-0.25, -0.2) is 13.6 Å². The van der Waals surface area contributed by atoms with Crippen molar-refractivity contribution in [2.75, 3.05) is 18.9 Å². The molecular weight excluding hydrogens is 394 g/mol. The van der Waals surface area contributed by atoms with Crippen molar-refractivity contribution >= 4 is 23.5 Å². The fourth-order valence-corrected chi connectivity index (χ4v) is 4.01. The van der Waals surface area contributed by atoms with Gasteiger partial charge in [-0.3, -0.25) is 14.9 Å². The number of hydrogen-bond donors (Lipinski definition) is 3. The summed E-state index contributed by atoms with van der Waals surface area (Å²) in [5.41, 5.74) is 1.91. The number of nitrogens with zero attached hydrogens (tertiary/aromatic N) is 1. The summed E-state index contributed by atoms with van der Waals surface area (Å²) < 4.78 is 26.4. The molecule has 1 aliphatic heterocycles. The summed E-state index contributed by atoms with van der Waals surface area (Å²) in [7, 11) is 1.60. The van der Waals surface area contributed by atoms with E-state index in [9.17, 15) is 23.2 Å². The fourth-order valence-electron chi connectivity index (χ4n) is 4.01. The lowest BCUT2D eigenvalue weighted by molar-refractivity contribution is -0.125. The van der Waals surface area contributed by atoms with Crippen molar-refractivity contribution in [1.29, 1.82) is 0 Å². The van der Waals surface area contributed by atoms with Gasteiger partial charge in [0.1, 0.15) is 17.2 Å². The monoisotopic (exact) mass is 414 g/mol. The predicted molar refractivity (Wildman–Crippen MR) is 105 cm³/mol. The highest BCUT2D eigenvalue weighted by atomic mass is 19.1. The van der Waals surface area contributed by atoms with Crippen LogP contribution in [0.3, 0.4) is 0 Å². The van der Waals surface area contributed by atoms with Crippen LogP contribution in [0.5, 0.6) is 0 Å². The van der Waals surface area contributed by atoms with Gasteiger partial charge in [0.2, 0.25) is 5.91 Å². The zero-order valence-corrected chi connectivity index (χ0v) is 16.2. The molecule has 1 fully saturated rings. The van der Waals surface area contributed by atoms with E-state index in [-0.39, 0.29) is 24.9 Å². The van der Waals surface area contributed by atoms with Crippen molar-refractivity contribution in [1.82, 2.24) is 15.5 Å². The summed E-state index contributed by atoms with van der Waals surface area (Å²) in [6, 6.07) is 8.16. The third-order valence-corrected chi connectivity index (χ3v) is 5.58. The summed E-state index contributed by atoms with van der Waals surface area (Å²) in [4.78, 5) is 37.8. The molecule has 2 aliphatic rings. The molecule has 7 nitrogen and oxygen atoms in total. The summed E-state index contributed by atoms with van der Waals surface area (Å²) in [6.07, 6.45) is 0.805. The Kier molecular flexibility index (Phi) is 4.98. The second-order valence-corrected chi connectivity index (χ2v) is 7.62. The van der Waals surface area contributed by atoms with Gasteiger partial charge in [0.25, 0.3) is 5.91 Å². The van der Waals surface area contributed by atoms with Crippen LogP contribution in [0.2, 0.25) is 0 Å². The number of urea groups is 1. The van der Waals surface area contributed by atoms with E-state index in [0.29, 0.717) is 24.1 Å². The van der Waals surface area contributed by atoms with Crippen molar-refractivity contribution in [3.63, 3.8) is 0 Å². The zero-order chi connectivity index (χ0) is 21.5. The summed E-state index contributed by atoms with van der Waals surface area (Å²) in [6.45, 7) is 0.100. The smallest absolute Gasteiger partial charge is 0.324 e. The molecule has 1 saturated heterocycles. The van der Waals surface area contributed by atoms with Crippen LogP contribution >= 0.6 is 0 Å². The first-order valence-corrected chi connectivity index (χ1v) is 9.43. The fraction of sp³-hybridized carbons (Fsp3) is 0.286. The van der Waals surface area contributed by atoms with Crippen molar-refractivity contribution in [2.24, 2.45) is 0 Å². The lowest BCUT2D eigenvalue weighted by Gasteiger charge is -2.27. The van der Waals surface area contributed by atoms with Crippen molar-refractivity contribution < 1.29 is 23.2 Å². The molecule has 156 valence electrons. The van der Waals surface area contributed by atoms with E-state index in [1.807, 2.05) is 6.07 Å². The second kappa shape index (κ2) is 7.49. The number of hydrogen-bond acceptors (Lipinski definition) is 4. The number of anilines is 1. The summed E-state index contributed by atoms with van der Waals surface area (Å²) >= 11 is 0. The molecule has 0 aromatic heterocycles. The largest absolute Gasteiger partial charge is 0.325 e. The van der Waals surface area contributed by atoms with E-state index < -0.39 is 23.2 Å². The first-order valence-electron chi connectivity index (χ1n) is 9.43. The van der Waals surface area contributed by atoms with Crippen LogP contribution in [-0.4, -0.2) is 41.9 Å². The van der Waals surface area contributed by atoms with Crippen molar-refractivity contribution in [2.45, 2.75) is 24.9 Å². The molecule has 0 radical (unpaired) electrons. The first-order chi connectivity index (χ1) is 14.3. The highest BCUT2D eigenvalue weighted by molar-refractivity contribution is 6.07. The van der Waals surface area contributed by atoms with Gasteiger partial charge in [-0.2, -0.15) is 0 Å². The van der Waals surface area contributed by atoms with E-state index in [1.54, 1.807) is 19.2 Å².